The van der Waals surface area contributed by atoms with Gasteiger partial charge in [0, 0.05) is 35.5 Å². The largest absolute Gasteiger partial charge is 0.428 e. The first kappa shape index (κ1) is 16.4. The molecule has 2 bridgehead atoms. The summed E-state index contributed by atoms with van der Waals surface area (Å²) in [5.74, 6) is 0.0605. The Bertz CT molecular complexity index is 802. The molecule has 0 saturated carbocycles. The second-order valence-corrected chi connectivity index (χ2v) is 7.56. The fraction of sp³-hybridized carbons (Fsp3) is 0.389. The number of carbonyl (C=O) groups is 2. The van der Waals surface area contributed by atoms with Crippen LogP contribution in [0.1, 0.15) is 47.1 Å². The Morgan fingerprint density at radius 1 is 1.28 bits per heavy atom. The van der Waals surface area contributed by atoms with Crippen LogP contribution in [-0.2, 0) is 0 Å². The van der Waals surface area contributed by atoms with Crippen molar-refractivity contribution in [3.05, 3.63) is 41.8 Å². The summed E-state index contributed by atoms with van der Waals surface area (Å²) in [5.41, 5.74) is 0.643. The molecule has 3 heterocycles. The number of carbonyl (C=O) groups excluding carboxylic acids is 2. The third-order valence-corrected chi connectivity index (χ3v) is 5.64. The monoisotopic (exact) mass is 357 g/mol. The standard InChI is InChI=1S/C18H19N3O3S/c1-10(22)16-9-19-18(24-16)25-13-5-2-11(3-6-13)17(23)21-15-8-12-4-7-14(15)20-12/h2-3,5-6,9,12,14-15,20H,4,7-8H2,1H3,(H,21,23). The molecular formula is C18H19N3O3S. The molecule has 3 unspecified atom stereocenters. The number of nitrogens with zero attached hydrogens (tertiary/aromatic N) is 1. The molecule has 2 N–H and O–H groups in total. The van der Waals surface area contributed by atoms with Crippen molar-refractivity contribution in [3.63, 3.8) is 0 Å². The molecule has 2 saturated heterocycles. The Morgan fingerprint density at radius 3 is 2.68 bits per heavy atom. The number of nitrogens with one attached hydrogen (secondary N) is 2. The summed E-state index contributed by atoms with van der Waals surface area (Å²) in [5, 5.41) is 7.07. The molecule has 7 heteroatoms. The van der Waals surface area contributed by atoms with E-state index in [1.807, 2.05) is 12.1 Å². The van der Waals surface area contributed by atoms with Crippen LogP contribution in [0.15, 0.2) is 45.0 Å². The average Bonchev–Trinajstić information content (AvgIpc) is 3.32. The van der Waals surface area contributed by atoms with Gasteiger partial charge in [0.1, 0.15) is 0 Å². The number of rotatable bonds is 5. The van der Waals surface area contributed by atoms with Gasteiger partial charge in [0.05, 0.1) is 6.20 Å². The topological polar surface area (TPSA) is 84.2 Å². The molecule has 0 spiro atoms. The Labute approximate surface area is 149 Å². The van der Waals surface area contributed by atoms with Crippen molar-refractivity contribution in [1.29, 1.82) is 0 Å². The number of ketones is 1. The van der Waals surface area contributed by atoms with Crippen molar-refractivity contribution in [1.82, 2.24) is 15.6 Å². The predicted molar refractivity (Wildman–Crippen MR) is 92.9 cm³/mol. The zero-order valence-electron chi connectivity index (χ0n) is 13.8. The summed E-state index contributed by atoms with van der Waals surface area (Å²) in [6.45, 7) is 1.44. The van der Waals surface area contributed by atoms with Crippen LogP contribution in [0.25, 0.3) is 0 Å². The van der Waals surface area contributed by atoms with Crippen molar-refractivity contribution >= 4 is 23.5 Å². The molecule has 0 aliphatic carbocycles. The highest BCUT2D eigenvalue weighted by Gasteiger charge is 2.39. The highest BCUT2D eigenvalue weighted by molar-refractivity contribution is 7.99. The smallest absolute Gasteiger partial charge is 0.261 e. The Balaban J connectivity index is 1.37. The first-order valence-electron chi connectivity index (χ1n) is 8.40. The maximum Gasteiger partial charge on any atom is 0.261 e. The van der Waals surface area contributed by atoms with Gasteiger partial charge < -0.3 is 15.1 Å². The molecule has 25 heavy (non-hydrogen) atoms. The lowest BCUT2D eigenvalue weighted by Gasteiger charge is -2.21. The van der Waals surface area contributed by atoms with Gasteiger partial charge in [-0.1, -0.05) is 0 Å². The summed E-state index contributed by atoms with van der Waals surface area (Å²) in [6, 6.07) is 8.53. The van der Waals surface area contributed by atoms with Gasteiger partial charge >= 0.3 is 0 Å². The maximum absolute atomic E-state index is 12.4. The maximum atomic E-state index is 12.4. The summed E-state index contributed by atoms with van der Waals surface area (Å²) in [6.07, 6.45) is 4.81. The number of benzene rings is 1. The minimum atomic E-state index is -0.151. The van der Waals surface area contributed by atoms with Gasteiger partial charge in [-0.05, 0) is 55.3 Å². The van der Waals surface area contributed by atoms with E-state index in [-0.39, 0.29) is 23.5 Å². The summed E-state index contributed by atoms with van der Waals surface area (Å²) >= 11 is 1.32. The molecule has 2 aliphatic rings. The highest BCUT2D eigenvalue weighted by Crippen LogP contribution is 2.29. The summed E-state index contributed by atoms with van der Waals surface area (Å²) < 4.78 is 5.36. The van der Waals surface area contributed by atoms with Gasteiger partial charge in [0.15, 0.2) is 11.5 Å². The van der Waals surface area contributed by atoms with E-state index in [0.717, 1.165) is 17.7 Å². The number of hydrogen-bond acceptors (Lipinski definition) is 6. The Hall–Kier alpha value is -2.12. The predicted octanol–water partition coefficient (Wildman–Crippen LogP) is 2.65. The first-order valence-corrected chi connectivity index (χ1v) is 9.22. The lowest BCUT2D eigenvalue weighted by Crippen LogP contribution is -2.42. The van der Waals surface area contributed by atoms with Crippen molar-refractivity contribution in [3.8, 4) is 0 Å². The number of hydrogen-bond donors (Lipinski definition) is 2. The molecule has 1 aromatic carbocycles. The molecule has 0 radical (unpaired) electrons. The van der Waals surface area contributed by atoms with Crippen molar-refractivity contribution < 1.29 is 14.0 Å². The highest BCUT2D eigenvalue weighted by atomic mass is 32.2. The number of fused-ring (bicyclic) bond motifs is 2. The van der Waals surface area contributed by atoms with Crippen LogP contribution >= 0.6 is 11.8 Å². The number of Topliss-reactive ketones (excluding diaryl/α,β-unsaturated/α-hetero) is 1. The van der Waals surface area contributed by atoms with Crippen molar-refractivity contribution in [2.45, 2.75) is 54.4 Å². The van der Waals surface area contributed by atoms with E-state index in [1.165, 1.54) is 31.3 Å². The van der Waals surface area contributed by atoms with Gasteiger partial charge in [0.2, 0.25) is 0 Å². The van der Waals surface area contributed by atoms with Crippen molar-refractivity contribution in [2.24, 2.45) is 0 Å². The number of amides is 1. The van der Waals surface area contributed by atoms with Gasteiger partial charge in [-0.25, -0.2) is 4.98 Å². The molecule has 2 aliphatic heterocycles. The minimum absolute atomic E-state index is 0.0362. The third kappa shape index (κ3) is 3.48. The number of aromatic nitrogens is 1. The van der Waals surface area contributed by atoms with E-state index in [9.17, 15) is 9.59 Å². The van der Waals surface area contributed by atoms with Crippen LogP contribution in [0, 0.1) is 0 Å². The van der Waals surface area contributed by atoms with Gasteiger partial charge in [-0.15, -0.1) is 0 Å². The first-order chi connectivity index (χ1) is 12.1. The zero-order chi connectivity index (χ0) is 17.4. The SMILES string of the molecule is CC(=O)c1cnc(Sc2ccc(C(=O)NC3CC4CCC3N4)cc2)o1. The minimum Gasteiger partial charge on any atom is -0.428 e. The van der Waals surface area contributed by atoms with Crippen LogP contribution in [0.5, 0.6) is 0 Å². The zero-order valence-corrected chi connectivity index (χ0v) is 14.6. The summed E-state index contributed by atoms with van der Waals surface area (Å²) in [7, 11) is 0. The lowest BCUT2D eigenvalue weighted by molar-refractivity contribution is 0.0929. The third-order valence-electron chi connectivity index (χ3n) is 4.77. The molecule has 1 amide bonds. The van der Waals surface area contributed by atoms with Crippen LogP contribution in [-0.4, -0.2) is 34.8 Å². The normalized spacial score (nSPS) is 24.4. The van der Waals surface area contributed by atoms with Crippen LogP contribution in [0.3, 0.4) is 0 Å². The van der Waals surface area contributed by atoms with E-state index in [2.05, 4.69) is 15.6 Å². The van der Waals surface area contributed by atoms with Gasteiger partial charge in [-0.3, -0.25) is 9.59 Å². The molecule has 4 rings (SSSR count). The second kappa shape index (κ2) is 6.65. The molecule has 2 aromatic rings. The molecule has 130 valence electrons. The van der Waals surface area contributed by atoms with Crippen LogP contribution < -0.4 is 10.6 Å². The Kier molecular flexibility index (Phi) is 4.35. The van der Waals surface area contributed by atoms with E-state index < -0.39 is 0 Å². The van der Waals surface area contributed by atoms with Crippen LogP contribution in [0.4, 0.5) is 0 Å². The average molecular weight is 357 g/mol. The van der Waals surface area contributed by atoms with Gasteiger partial charge in [-0.2, -0.15) is 0 Å². The second-order valence-electron chi connectivity index (χ2n) is 6.54. The molecule has 3 atom stereocenters. The van der Waals surface area contributed by atoms with Crippen LogP contribution in [0.2, 0.25) is 0 Å². The number of oxazole rings is 1. The van der Waals surface area contributed by atoms with E-state index >= 15 is 0 Å². The van der Waals surface area contributed by atoms with E-state index in [4.69, 9.17) is 4.42 Å². The summed E-state index contributed by atoms with van der Waals surface area (Å²) in [4.78, 5) is 28.6. The molecule has 6 nitrogen and oxygen atoms in total. The lowest BCUT2D eigenvalue weighted by atomic mass is 9.95. The fourth-order valence-electron chi connectivity index (χ4n) is 3.48. The molecular weight excluding hydrogens is 338 g/mol. The Morgan fingerprint density at radius 2 is 2.08 bits per heavy atom. The van der Waals surface area contributed by atoms with E-state index in [0.29, 0.717) is 22.9 Å². The van der Waals surface area contributed by atoms with Gasteiger partial charge in [0.25, 0.3) is 11.1 Å². The van der Waals surface area contributed by atoms with Crippen molar-refractivity contribution in [2.75, 3.05) is 0 Å². The molecule has 1 aromatic heterocycles. The quantitative estimate of drug-likeness (QED) is 0.801. The fourth-order valence-corrected chi connectivity index (χ4v) is 4.19. The van der Waals surface area contributed by atoms with E-state index in [1.54, 1.807) is 12.1 Å². The molecule has 2 fully saturated rings.